The molecule has 1 aliphatic heterocycles. The number of Topliss-reactive ketones (excluding diaryl/α,β-unsaturated/α-hetero) is 1. The second kappa shape index (κ2) is 9.65. The van der Waals surface area contributed by atoms with Gasteiger partial charge in [0.25, 0.3) is 17.4 Å². The maximum absolute atomic E-state index is 13.4. The quantitative estimate of drug-likeness (QED) is 0.140. The summed E-state index contributed by atoms with van der Waals surface area (Å²) in [6.07, 6.45) is 0. The van der Waals surface area contributed by atoms with Crippen molar-refractivity contribution in [2.24, 2.45) is 0 Å². The molecule has 1 atom stereocenters. The SMILES string of the molecule is CC(C)c1ccc(N2C(=O)C(=O)/C(=C(\O)c3cccc([N+](=O)[O-])c3)C2c2ccc(C(C)(C)C)cc2)cc1. The summed E-state index contributed by atoms with van der Waals surface area (Å²) >= 11 is 0. The molecule has 3 aromatic carbocycles. The fourth-order valence-corrected chi connectivity index (χ4v) is 4.52. The van der Waals surface area contributed by atoms with Gasteiger partial charge in [0.2, 0.25) is 0 Å². The first-order valence-corrected chi connectivity index (χ1v) is 12.2. The van der Waals surface area contributed by atoms with Crippen molar-refractivity contribution in [3.63, 3.8) is 0 Å². The number of nitro groups is 1. The van der Waals surface area contributed by atoms with Crippen LogP contribution in [0.4, 0.5) is 11.4 Å². The smallest absolute Gasteiger partial charge is 0.300 e. The number of ketones is 1. The zero-order valence-electron chi connectivity index (χ0n) is 21.6. The number of nitrogens with zero attached hydrogens (tertiary/aromatic N) is 2. The Morgan fingerprint density at radius 2 is 1.59 bits per heavy atom. The van der Waals surface area contributed by atoms with Gasteiger partial charge in [-0.25, -0.2) is 0 Å². The summed E-state index contributed by atoms with van der Waals surface area (Å²) in [5.41, 5.74) is 2.99. The highest BCUT2D eigenvalue weighted by molar-refractivity contribution is 6.51. The number of non-ortho nitro benzene ring substituents is 1. The van der Waals surface area contributed by atoms with Crippen molar-refractivity contribution in [3.8, 4) is 0 Å². The number of nitro benzene ring substituents is 1. The minimum atomic E-state index is -0.904. The molecular weight excluding hydrogens is 468 g/mol. The molecule has 0 spiro atoms. The Kier molecular flexibility index (Phi) is 6.74. The van der Waals surface area contributed by atoms with E-state index in [0.29, 0.717) is 17.2 Å². The maximum Gasteiger partial charge on any atom is 0.300 e. The van der Waals surface area contributed by atoms with Crippen LogP contribution in [0.2, 0.25) is 0 Å². The lowest BCUT2D eigenvalue weighted by Gasteiger charge is -2.27. The van der Waals surface area contributed by atoms with E-state index < -0.39 is 28.4 Å². The molecule has 0 aliphatic carbocycles. The van der Waals surface area contributed by atoms with Gasteiger partial charge < -0.3 is 5.11 Å². The van der Waals surface area contributed by atoms with Crippen LogP contribution in [0.15, 0.2) is 78.4 Å². The number of anilines is 1. The molecule has 4 rings (SSSR count). The molecule has 1 N–H and O–H groups in total. The lowest BCUT2D eigenvalue weighted by molar-refractivity contribution is -0.384. The Bertz CT molecular complexity index is 1400. The summed E-state index contributed by atoms with van der Waals surface area (Å²) in [6, 6.07) is 19.5. The average molecular weight is 499 g/mol. The van der Waals surface area contributed by atoms with Crippen LogP contribution in [0.1, 0.15) is 68.8 Å². The monoisotopic (exact) mass is 498 g/mol. The van der Waals surface area contributed by atoms with Crippen molar-refractivity contribution in [3.05, 3.63) is 111 Å². The molecule has 1 unspecified atom stereocenters. The minimum absolute atomic E-state index is 0.0960. The van der Waals surface area contributed by atoms with Gasteiger partial charge in [0.05, 0.1) is 16.5 Å². The first-order chi connectivity index (χ1) is 17.4. The van der Waals surface area contributed by atoms with E-state index in [9.17, 15) is 24.8 Å². The van der Waals surface area contributed by atoms with Crippen LogP contribution in [0.3, 0.4) is 0 Å². The van der Waals surface area contributed by atoms with Gasteiger partial charge in [-0.15, -0.1) is 0 Å². The molecule has 0 bridgehead atoms. The fraction of sp³-hybridized carbons (Fsp3) is 0.267. The highest BCUT2D eigenvalue weighted by atomic mass is 16.6. The van der Waals surface area contributed by atoms with Gasteiger partial charge >= 0.3 is 0 Å². The van der Waals surface area contributed by atoms with Gasteiger partial charge in [0.15, 0.2) is 0 Å². The third-order valence-corrected chi connectivity index (χ3v) is 6.71. The lowest BCUT2D eigenvalue weighted by Crippen LogP contribution is -2.29. The third-order valence-electron chi connectivity index (χ3n) is 6.71. The molecule has 0 radical (unpaired) electrons. The summed E-state index contributed by atoms with van der Waals surface area (Å²) < 4.78 is 0. The average Bonchev–Trinajstić information content (AvgIpc) is 3.13. The third kappa shape index (κ3) is 4.89. The molecule has 1 saturated heterocycles. The van der Waals surface area contributed by atoms with Crippen molar-refractivity contribution in [2.75, 3.05) is 4.90 Å². The molecule has 190 valence electrons. The summed E-state index contributed by atoms with van der Waals surface area (Å²) in [5, 5.41) is 22.6. The molecule has 7 heteroatoms. The van der Waals surface area contributed by atoms with Gasteiger partial charge in [0, 0.05) is 23.4 Å². The highest BCUT2D eigenvalue weighted by Crippen LogP contribution is 2.43. The van der Waals surface area contributed by atoms with Gasteiger partial charge in [-0.05, 0) is 40.2 Å². The second-order valence-electron chi connectivity index (χ2n) is 10.6. The van der Waals surface area contributed by atoms with E-state index in [4.69, 9.17) is 0 Å². The molecule has 3 aromatic rings. The van der Waals surface area contributed by atoms with Crippen molar-refractivity contribution in [1.82, 2.24) is 0 Å². The molecule has 1 fully saturated rings. The Morgan fingerprint density at radius 3 is 2.14 bits per heavy atom. The standard InChI is InChI=1S/C30H30N2O5/c1-18(2)19-11-15-23(16-12-19)31-26(20-9-13-22(14-10-20)30(3,4)5)25(28(34)29(31)35)27(33)21-7-6-8-24(17-21)32(36)37/h6-18,26,33H,1-5H3/b27-25-. The molecule has 37 heavy (non-hydrogen) atoms. The molecule has 1 heterocycles. The van der Waals surface area contributed by atoms with Crippen LogP contribution in [-0.2, 0) is 15.0 Å². The van der Waals surface area contributed by atoms with Crippen LogP contribution in [-0.4, -0.2) is 21.7 Å². The summed E-state index contributed by atoms with van der Waals surface area (Å²) in [4.78, 5) is 38.9. The van der Waals surface area contributed by atoms with Crippen molar-refractivity contribution < 1.29 is 19.6 Å². The zero-order valence-corrected chi connectivity index (χ0v) is 21.6. The number of hydrogen-bond donors (Lipinski definition) is 1. The minimum Gasteiger partial charge on any atom is -0.507 e. The Hall–Kier alpha value is -4.26. The van der Waals surface area contributed by atoms with Gasteiger partial charge in [-0.2, -0.15) is 0 Å². The van der Waals surface area contributed by atoms with Crippen LogP contribution >= 0.6 is 0 Å². The first kappa shape index (κ1) is 25.8. The Morgan fingerprint density at radius 1 is 0.973 bits per heavy atom. The normalized spacial score (nSPS) is 17.5. The van der Waals surface area contributed by atoms with Crippen molar-refractivity contribution in [1.29, 1.82) is 0 Å². The largest absolute Gasteiger partial charge is 0.507 e. The van der Waals surface area contributed by atoms with E-state index in [0.717, 1.165) is 11.1 Å². The number of hydrogen-bond acceptors (Lipinski definition) is 5. The van der Waals surface area contributed by atoms with Crippen molar-refractivity contribution >= 4 is 28.8 Å². The summed E-state index contributed by atoms with van der Waals surface area (Å²) in [5.74, 6) is -1.77. The number of benzene rings is 3. The lowest BCUT2D eigenvalue weighted by atomic mass is 9.85. The number of amides is 1. The number of carbonyl (C=O) groups excluding carboxylic acids is 2. The van der Waals surface area contributed by atoms with Crippen LogP contribution < -0.4 is 4.90 Å². The predicted octanol–water partition coefficient (Wildman–Crippen LogP) is 6.64. The first-order valence-electron chi connectivity index (χ1n) is 12.2. The van der Waals surface area contributed by atoms with E-state index >= 15 is 0 Å². The van der Waals surface area contributed by atoms with E-state index in [1.807, 2.05) is 36.4 Å². The van der Waals surface area contributed by atoms with Gasteiger partial charge in [0.1, 0.15) is 5.76 Å². The maximum atomic E-state index is 13.4. The molecule has 1 aliphatic rings. The molecule has 1 amide bonds. The summed E-state index contributed by atoms with van der Waals surface area (Å²) in [6.45, 7) is 10.4. The van der Waals surface area contributed by atoms with E-state index in [1.54, 1.807) is 12.1 Å². The van der Waals surface area contributed by atoms with E-state index in [-0.39, 0.29) is 22.2 Å². The van der Waals surface area contributed by atoms with Crippen LogP contribution in [0.5, 0.6) is 0 Å². The number of aliphatic hydroxyl groups excluding tert-OH is 1. The fourth-order valence-electron chi connectivity index (χ4n) is 4.52. The van der Waals surface area contributed by atoms with Crippen LogP contribution in [0, 0.1) is 10.1 Å². The Balaban J connectivity index is 1.92. The van der Waals surface area contributed by atoms with E-state index in [2.05, 4.69) is 34.6 Å². The number of carbonyl (C=O) groups is 2. The Labute approximate surface area is 216 Å². The van der Waals surface area contributed by atoms with Crippen molar-refractivity contribution in [2.45, 2.75) is 52.0 Å². The molecule has 7 nitrogen and oxygen atoms in total. The molecular formula is C30H30N2O5. The molecule has 0 aromatic heterocycles. The predicted molar refractivity (Wildman–Crippen MR) is 144 cm³/mol. The highest BCUT2D eigenvalue weighted by Gasteiger charge is 2.47. The number of aliphatic hydroxyl groups is 1. The second-order valence-corrected chi connectivity index (χ2v) is 10.6. The van der Waals surface area contributed by atoms with E-state index in [1.165, 1.54) is 29.2 Å². The van der Waals surface area contributed by atoms with Crippen LogP contribution in [0.25, 0.3) is 5.76 Å². The zero-order chi connectivity index (χ0) is 27.1. The van der Waals surface area contributed by atoms with Gasteiger partial charge in [-0.1, -0.05) is 83.1 Å². The topological polar surface area (TPSA) is 101 Å². The molecule has 0 saturated carbocycles. The number of rotatable bonds is 5. The summed E-state index contributed by atoms with van der Waals surface area (Å²) in [7, 11) is 0. The van der Waals surface area contributed by atoms with Gasteiger partial charge in [-0.3, -0.25) is 24.6 Å².